The lowest BCUT2D eigenvalue weighted by molar-refractivity contribution is 0.352. The summed E-state index contributed by atoms with van der Waals surface area (Å²) < 4.78 is 20.0. The van der Waals surface area contributed by atoms with Crippen molar-refractivity contribution in [1.29, 1.82) is 0 Å². The Morgan fingerprint density at radius 2 is 1.33 bits per heavy atom. The molecule has 0 fully saturated rings. The van der Waals surface area contributed by atoms with Crippen LogP contribution in [0.15, 0.2) is 0 Å². The molecule has 0 aromatic carbocycles. The van der Waals surface area contributed by atoms with Crippen molar-refractivity contribution in [2.24, 2.45) is 0 Å². The van der Waals surface area contributed by atoms with Crippen molar-refractivity contribution < 1.29 is 28.7 Å². The SMILES string of the molecule is CCCCCCCCSC(P(=O)(O)O)P(=O)(O)O. The summed E-state index contributed by atoms with van der Waals surface area (Å²) in [6.07, 6.45) is 6.12. The molecule has 4 N–H and O–H groups in total. The lowest BCUT2D eigenvalue weighted by Gasteiger charge is -2.18. The van der Waals surface area contributed by atoms with Gasteiger partial charge in [0.15, 0.2) is 0 Å². The van der Waals surface area contributed by atoms with Gasteiger partial charge in [0.25, 0.3) is 0 Å². The molecule has 0 aromatic rings. The highest BCUT2D eigenvalue weighted by atomic mass is 32.2. The van der Waals surface area contributed by atoms with Crippen LogP contribution >= 0.6 is 27.0 Å². The van der Waals surface area contributed by atoms with E-state index in [4.69, 9.17) is 19.6 Å². The largest absolute Gasteiger partial charge is 0.350 e. The summed E-state index contributed by atoms with van der Waals surface area (Å²) in [7, 11) is -9.53. The van der Waals surface area contributed by atoms with Gasteiger partial charge in [-0.3, -0.25) is 9.13 Å². The van der Waals surface area contributed by atoms with E-state index in [0.717, 1.165) is 25.7 Å². The Balaban J connectivity index is 3.94. The van der Waals surface area contributed by atoms with Gasteiger partial charge in [0.2, 0.25) is 4.73 Å². The van der Waals surface area contributed by atoms with E-state index in [1.807, 2.05) is 0 Å². The molecule has 0 saturated carbocycles. The number of thioether (sulfide) groups is 1. The van der Waals surface area contributed by atoms with Crippen molar-refractivity contribution >= 4 is 27.0 Å². The van der Waals surface area contributed by atoms with Crippen LogP contribution in [0.5, 0.6) is 0 Å². The third kappa shape index (κ3) is 8.70. The van der Waals surface area contributed by atoms with Gasteiger partial charge in [-0.25, -0.2) is 0 Å². The van der Waals surface area contributed by atoms with E-state index in [9.17, 15) is 9.13 Å². The molecule has 0 atom stereocenters. The minimum Gasteiger partial charge on any atom is -0.323 e. The highest BCUT2D eigenvalue weighted by Crippen LogP contribution is 2.64. The first kappa shape index (κ1) is 18.7. The van der Waals surface area contributed by atoms with Crippen molar-refractivity contribution in [2.45, 2.75) is 50.2 Å². The average molecular weight is 320 g/mol. The fraction of sp³-hybridized carbons (Fsp3) is 1.00. The summed E-state index contributed by atoms with van der Waals surface area (Å²) in [6, 6.07) is 0. The van der Waals surface area contributed by atoms with Crippen LogP contribution in [0.2, 0.25) is 0 Å². The van der Waals surface area contributed by atoms with Crippen LogP contribution < -0.4 is 0 Å². The Morgan fingerprint density at radius 3 is 1.78 bits per heavy atom. The summed E-state index contributed by atoms with van der Waals surface area (Å²) in [5, 5.41) is 0. The first-order valence-electron chi connectivity index (χ1n) is 5.91. The molecule has 0 amide bonds. The minimum atomic E-state index is -4.76. The van der Waals surface area contributed by atoms with Gasteiger partial charge in [-0.1, -0.05) is 39.0 Å². The molecule has 0 spiro atoms. The molecule has 0 unspecified atom stereocenters. The number of hydrogen-bond acceptors (Lipinski definition) is 3. The molecule has 0 heterocycles. The standard InChI is InChI=1S/C9H22O6P2S/c1-2-3-4-5-6-7-8-18-9(16(10,11)12)17(13,14)15/h9H,2-8H2,1H3,(H2,10,11,12)(H2,13,14,15). The summed E-state index contributed by atoms with van der Waals surface area (Å²) in [5.74, 6) is 0.354. The maximum Gasteiger partial charge on any atom is 0.350 e. The molecule has 0 aliphatic rings. The molecule has 18 heavy (non-hydrogen) atoms. The zero-order valence-electron chi connectivity index (χ0n) is 10.4. The highest BCUT2D eigenvalue weighted by Gasteiger charge is 2.43. The molecule has 0 bridgehead atoms. The molecule has 9 heteroatoms. The molecule has 0 aliphatic carbocycles. The Kier molecular flexibility index (Phi) is 9.06. The lowest BCUT2D eigenvalue weighted by atomic mass is 10.1. The smallest absolute Gasteiger partial charge is 0.323 e. The van der Waals surface area contributed by atoms with Gasteiger partial charge >= 0.3 is 15.2 Å². The van der Waals surface area contributed by atoms with Crippen molar-refractivity contribution in [3.63, 3.8) is 0 Å². The molecule has 0 saturated heterocycles. The van der Waals surface area contributed by atoms with Crippen molar-refractivity contribution in [3.8, 4) is 0 Å². The van der Waals surface area contributed by atoms with Gasteiger partial charge in [0.1, 0.15) is 0 Å². The second kappa shape index (κ2) is 8.75. The fourth-order valence-electron chi connectivity index (χ4n) is 1.46. The molecule has 0 aromatic heterocycles. The van der Waals surface area contributed by atoms with E-state index >= 15 is 0 Å². The molecule has 0 radical (unpaired) electrons. The molecule has 0 rings (SSSR count). The predicted octanol–water partition coefficient (Wildman–Crippen LogP) is 2.72. The van der Waals surface area contributed by atoms with Gasteiger partial charge < -0.3 is 19.6 Å². The van der Waals surface area contributed by atoms with E-state index in [1.165, 1.54) is 6.42 Å². The Labute approximate surface area is 112 Å². The first-order valence-corrected chi connectivity index (χ1v) is 10.3. The van der Waals surface area contributed by atoms with Crippen molar-refractivity contribution in [1.82, 2.24) is 0 Å². The molecule has 0 aliphatic heterocycles. The summed E-state index contributed by atoms with van der Waals surface area (Å²) >= 11 is 0.673. The van der Waals surface area contributed by atoms with Crippen LogP contribution in [0.25, 0.3) is 0 Å². The monoisotopic (exact) mass is 320 g/mol. The summed E-state index contributed by atoms with van der Waals surface area (Å²) in [4.78, 5) is 35.5. The van der Waals surface area contributed by atoms with Crippen LogP contribution in [-0.2, 0) is 9.13 Å². The topological polar surface area (TPSA) is 115 Å². The fourth-order valence-corrected chi connectivity index (χ4v) is 5.80. The van der Waals surface area contributed by atoms with Gasteiger partial charge in [0, 0.05) is 0 Å². The zero-order chi connectivity index (χ0) is 14.2. The van der Waals surface area contributed by atoms with Crippen LogP contribution in [0.4, 0.5) is 0 Å². The Hall–Kier alpha value is 0.650. The molecule has 110 valence electrons. The summed E-state index contributed by atoms with van der Waals surface area (Å²) in [6.45, 7) is 2.11. The van der Waals surface area contributed by atoms with Gasteiger partial charge in [-0.05, 0) is 12.2 Å². The third-order valence-electron chi connectivity index (χ3n) is 2.34. The highest BCUT2D eigenvalue weighted by molar-refractivity contribution is 8.12. The lowest BCUT2D eigenvalue weighted by Crippen LogP contribution is -2.05. The van der Waals surface area contributed by atoms with E-state index in [0.29, 0.717) is 23.9 Å². The van der Waals surface area contributed by atoms with E-state index < -0.39 is 19.9 Å². The third-order valence-corrected chi connectivity index (χ3v) is 8.66. The Morgan fingerprint density at radius 1 is 0.889 bits per heavy atom. The van der Waals surface area contributed by atoms with E-state index in [1.54, 1.807) is 0 Å². The zero-order valence-corrected chi connectivity index (χ0v) is 13.0. The quantitative estimate of drug-likeness (QED) is 0.361. The molecular formula is C9H22O6P2S. The maximum atomic E-state index is 11.0. The van der Waals surface area contributed by atoms with Crippen LogP contribution in [0.1, 0.15) is 45.4 Å². The van der Waals surface area contributed by atoms with E-state index in [-0.39, 0.29) is 0 Å². The van der Waals surface area contributed by atoms with Crippen molar-refractivity contribution in [2.75, 3.05) is 5.75 Å². The maximum absolute atomic E-state index is 11.0. The van der Waals surface area contributed by atoms with Crippen LogP contribution in [0.3, 0.4) is 0 Å². The van der Waals surface area contributed by atoms with Gasteiger partial charge in [-0.2, -0.15) is 0 Å². The molecular weight excluding hydrogens is 298 g/mol. The van der Waals surface area contributed by atoms with Crippen molar-refractivity contribution in [3.05, 3.63) is 0 Å². The number of hydrogen-bond donors (Lipinski definition) is 4. The normalized spacial score (nSPS) is 13.2. The van der Waals surface area contributed by atoms with Gasteiger partial charge in [-0.15, -0.1) is 11.8 Å². The van der Waals surface area contributed by atoms with Gasteiger partial charge in [0.05, 0.1) is 0 Å². The van der Waals surface area contributed by atoms with Crippen LogP contribution in [0, 0.1) is 0 Å². The minimum absolute atomic E-state index is 0.354. The molecule has 6 nitrogen and oxygen atoms in total. The summed E-state index contributed by atoms with van der Waals surface area (Å²) in [5.41, 5.74) is 0. The van der Waals surface area contributed by atoms with Crippen LogP contribution in [-0.4, -0.2) is 30.1 Å². The average Bonchev–Trinajstić information content (AvgIpc) is 2.18. The first-order chi connectivity index (χ1) is 8.19. The van der Waals surface area contributed by atoms with E-state index in [2.05, 4.69) is 6.92 Å². The number of unbranched alkanes of at least 4 members (excludes halogenated alkanes) is 5. The predicted molar refractivity (Wildman–Crippen MR) is 73.7 cm³/mol. The second-order valence-corrected chi connectivity index (χ2v) is 9.85. The Bertz CT molecular complexity index is 290. The number of rotatable bonds is 10. The second-order valence-electron chi connectivity index (χ2n) is 4.14.